The number of carbonyl (C=O) groups is 2. The Morgan fingerprint density at radius 2 is 2.04 bits per heavy atom. The van der Waals surface area contributed by atoms with Crippen molar-refractivity contribution in [1.29, 1.82) is 0 Å². The van der Waals surface area contributed by atoms with Gasteiger partial charge in [-0.05, 0) is 25.7 Å². The molecule has 3 heterocycles. The Hall–Kier alpha value is -2.42. The maximum Gasteiger partial charge on any atom is 0.317 e. The number of aromatic nitrogens is 2. The number of β-amino-alcohol motifs (C(OH)–C–C–N with tert-alkyl or cyclic N) is 1. The van der Waals surface area contributed by atoms with E-state index in [1.807, 2.05) is 6.07 Å². The van der Waals surface area contributed by atoms with Crippen molar-refractivity contribution in [2.24, 2.45) is 5.92 Å². The van der Waals surface area contributed by atoms with Gasteiger partial charge in [-0.3, -0.25) is 4.79 Å². The van der Waals surface area contributed by atoms with E-state index < -0.39 is 12.0 Å². The minimum Gasteiger partial charge on any atom is -0.469 e. The Labute approximate surface area is 165 Å². The van der Waals surface area contributed by atoms with Crippen molar-refractivity contribution < 1.29 is 19.4 Å². The minimum atomic E-state index is -0.712. The number of anilines is 1. The second-order valence-corrected chi connectivity index (χ2v) is 7.45. The fourth-order valence-corrected chi connectivity index (χ4v) is 3.85. The van der Waals surface area contributed by atoms with Gasteiger partial charge >= 0.3 is 12.0 Å². The Bertz CT molecular complexity index is 693. The van der Waals surface area contributed by atoms with Gasteiger partial charge < -0.3 is 25.0 Å². The van der Waals surface area contributed by atoms with Crippen molar-refractivity contribution in [3.8, 4) is 0 Å². The second kappa shape index (κ2) is 9.18. The summed E-state index contributed by atoms with van der Waals surface area (Å²) in [4.78, 5) is 36.7. The smallest absolute Gasteiger partial charge is 0.317 e. The molecule has 2 unspecified atom stereocenters. The Morgan fingerprint density at radius 3 is 2.71 bits per heavy atom. The summed E-state index contributed by atoms with van der Waals surface area (Å²) in [7, 11) is 1.32. The maximum atomic E-state index is 12.6. The molecule has 2 aliphatic heterocycles. The quantitative estimate of drug-likeness (QED) is 0.723. The molecule has 0 aromatic carbocycles. The van der Waals surface area contributed by atoms with Gasteiger partial charge in [0.05, 0.1) is 19.1 Å². The summed E-state index contributed by atoms with van der Waals surface area (Å²) >= 11 is 0. The number of urea groups is 1. The topological polar surface area (TPSA) is 108 Å². The molecule has 154 valence electrons. The van der Waals surface area contributed by atoms with E-state index in [0.29, 0.717) is 6.42 Å². The van der Waals surface area contributed by atoms with E-state index >= 15 is 0 Å². The van der Waals surface area contributed by atoms with E-state index in [-0.39, 0.29) is 31.1 Å². The molecule has 3 rings (SSSR count). The van der Waals surface area contributed by atoms with Crippen LogP contribution in [0.5, 0.6) is 0 Å². The number of ether oxygens (including phenoxy) is 1. The number of hydrogen-bond donors (Lipinski definition) is 2. The predicted octanol–water partition coefficient (Wildman–Crippen LogP) is 0.573. The SMILES string of the molecule is CCc1cc(N2CCC(NC(=O)N3CC(O)CC(C(=O)OC)C3)CC2)ncn1. The van der Waals surface area contributed by atoms with E-state index in [4.69, 9.17) is 4.74 Å². The fourth-order valence-electron chi connectivity index (χ4n) is 3.85. The Morgan fingerprint density at radius 1 is 1.29 bits per heavy atom. The summed E-state index contributed by atoms with van der Waals surface area (Å²) in [6, 6.07) is 1.84. The van der Waals surface area contributed by atoms with Gasteiger partial charge in [-0.15, -0.1) is 0 Å². The molecule has 2 aliphatic rings. The van der Waals surface area contributed by atoms with Crippen molar-refractivity contribution in [3.05, 3.63) is 18.1 Å². The lowest BCUT2D eigenvalue weighted by Gasteiger charge is -2.37. The van der Waals surface area contributed by atoms with Crippen molar-refractivity contribution >= 4 is 17.8 Å². The summed E-state index contributed by atoms with van der Waals surface area (Å²) in [6.45, 7) is 4.18. The molecule has 2 saturated heterocycles. The number of rotatable bonds is 4. The summed E-state index contributed by atoms with van der Waals surface area (Å²) < 4.78 is 4.76. The van der Waals surface area contributed by atoms with E-state index in [9.17, 15) is 14.7 Å². The zero-order chi connectivity index (χ0) is 20.1. The predicted molar refractivity (Wildman–Crippen MR) is 103 cm³/mol. The van der Waals surface area contributed by atoms with Gasteiger partial charge in [0.2, 0.25) is 0 Å². The highest BCUT2D eigenvalue weighted by Crippen LogP contribution is 2.21. The van der Waals surface area contributed by atoms with Crippen molar-refractivity contribution in [2.75, 3.05) is 38.2 Å². The molecule has 0 spiro atoms. The van der Waals surface area contributed by atoms with Gasteiger partial charge in [-0.1, -0.05) is 6.92 Å². The second-order valence-electron chi connectivity index (χ2n) is 7.45. The molecule has 2 atom stereocenters. The Balaban J connectivity index is 1.51. The number of methoxy groups -OCH3 is 1. The molecule has 9 nitrogen and oxygen atoms in total. The van der Waals surface area contributed by atoms with E-state index in [1.165, 1.54) is 12.0 Å². The van der Waals surface area contributed by atoms with E-state index in [2.05, 4.69) is 27.1 Å². The van der Waals surface area contributed by atoms with Crippen LogP contribution >= 0.6 is 0 Å². The first kappa shape index (κ1) is 20.3. The highest BCUT2D eigenvalue weighted by Gasteiger charge is 2.34. The van der Waals surface area contributed by atoms with Crippen LogP contribution in [-0.4, -0.2) is 77.4 Å². The van der Waals surface area contributed by atoms with Crippen LogP contribution in [-0.2, 0) is 16.0 Å². The van der Waals surface area contributed by atoms with Gasteiger partial charge in [0, 0.05) is 44.0 Å². The fraction of sp³-hybridized carbons (Fsp3) is 0.684. The summed E-state index contributed by atoms with van der Waals surface area (Å²) in [6.07, 6.45) is 3.71. The summed E-state index contributed by atoms with van der Waals surface area (Å²) in [5.74, 6) is 0.0599. The molecule has 0 saturated carbocycles. The first-order chi connectivity index (χ1) is 13.5. The highest BCUT2D eigenvalue weighted by molar-refractivity contribution is 5.77. The zero-order valence-electron chi connectivity index (χ0n) is 16.5. The number of likely N-dealkylation sites (tertiary alicyclic amines) is 1. The van der Waals surface area contributed by atoms with Crippen LogP contribution in [0, 0.1) is 5.92 Å². The number of hydrogen-bond acceptors (Lipinski definition) is 7. The first-order valence-electron chi connectivity index (χ1n) is 9.87. The van der Waals surface area contributed by atoms with Crippen molar-refractivity contribution in [1.82, 2.24) is 20.2 Å². The third-order valence-corrected chi connectivity index (χ3v) is 5.47. The largest absolute Gasteiger partial charge is 0.469 e. The number of amides is 2. The molecular formula is C19H29N5O4. The molecule has 0 aliphatic carbocycles. The number of nitrogens with one attached hydrogen (secondary N) is 1. The molecule has 2 amide bonds. The van der Waals surface area contributed by atoms with Gasteiger partial charge in [0.25, 0.3) is 0 Å². The number of aliphatic hydroxyl groups excluding tert-OH is 1. The van der Waals surface area contributed by atoms with Crippen LogP contribution in [0.3, 0.4) is 0 Å². The van der Waals surface area contributed by atoms with Gasteiger partial charge in [0.15, 0.2) is 0 Å². The summed E-state index contributed by atoms with van der Waals surface area (Å²) in [5.41, 5.74) is 1.02. The van der Waals surface area contributed by atoms with E-state index in [1.54, 1.807) is 6.33 Å². The molecule has 28 heavy (non-hydrogen) atoms. The lowest BCUT2D eigenvalue weighted by atomic mass is 9.96. The number of esters is 1. The minimum absolute atomic E-state index is 0.0619. The standard InChI is InChI=1S/C19H29N5O4/c1-3-14-9-17(21-12-20-14)23-6-4-15(5-7-23)22-19(27)24-10-13(18(26)28-2)8-16(25)11-24/h9,12-13,15-16,25H,3-8,10-11H2,1-2H3,(H,22,27). The number of nitrogens with zero attached hydrogens (tertiary/aromatic N) is 4. The number of aryl methyl sites for hydroxylation is 1. The normalized spacial score (nSPS) is 23.4. The number of aliphatic hydroxyl groups is 1. The third-order valence-electron chi connectivity index (χ3n) is 5.47. The molecular weight excluding hydrogens is 362 g/mol. The van der Waals surface area contributed by atoms with Gasteiger partial charge in [-0.25, -0.2) is 14.8 Å². The number of carbonyl (C=O) groups excluding carboxylic acids is 2. The van der Waals surface area contributed by atoms with E-state index in [0.717, 1.165) is 43.9 Å². The van der Waals surface area contributed by atoms with Crippen LogP contribution in [0.2, 0.25) is 0 Å². The van der Waals surface area contributed by atoms with Crippen molar-refractivity contribution in [2.45, 2.75) is 44.8 Å². The van der Waals surface area contributed by atoms with Crippen LogP contribution < -0.4 is 10.2 Å². The third kappa shape index (κ3) is 4.89. The monoisotopic (exact) mass is 391 g/mol. The lowest BCUT2D eigenvalue weighted by molar-refractivity contribution is -0.148. The molecule has 1 aromatic heterocycles. The average molecular weight is 391 g/mol. The van der Waals surface area contributed by atoms with Crippen LogP contribution in [0.15, 0.2) is 12.4 Å². The molecule has 0 bridgehead atoms. The molecule has 2 fully saturated rings. The molecule has 9 heteroatoms. The molecule has 2 N–H and O–H groups in total. The summed E-state index contributed by atoms with van der Waals surface area (Å²) in [5, 5.41) is 13.1. The average Bonchev–Trinajstić information content (AvgIpc) is 2.73. The van der Waals surface area contributed by atoms with Crippen molar-refractivity contribution in [3.63, 3.8) is 0 Å². The van der Waals surface area contributed by atoms with Crippen LogP contribution in [0.4, 0.5) is 10.6 Å². The molecule has 0 radical (unpaired) electrons. The zero-order valence-corrected chi connectivity index (χ0v) is 16.5. The van der Waals surface area contributed by atoms with Crippen LogP contribution in [0.1, 0.15) is 31.9 Å². The van der Waals surface area contributed by atoms with Gasteiger partial charge in [0.1, 0.15) is 12.1 Å². The first-order valence-corrected chi connectivity index (χ1v) is 9.87. The maximum absolute atomic E-state index is 12.6. The van der Waals surface area contributed by atoms with Crippen LogP contribution in [0.25, 0.3) is 0 Å². The Kier molecular flexibility index (Phi) is 6.66. The highest BCUT2D eigenvalue weighted by atomic mass is 16.5. The lowest BCUT2D eigenvalue weighted by Crippen LogP contribution is -2.55. The van der Waals surface area contributed by atoms with Gasteiger partial charge in [-0.2, -0.15) is 0 Å². The molecule has 1 aromatic rings. The number of piperidine rings is 2.